The molecule has 1 fully saturated rings. The van der Waals surface area contributed by atoms with Gasteiger partial charge in [-0.05, 0) is 33.2 Å². The van der Waals surface area contributed by atoms with Crippen molar-refractivity contribution in [1.82, 2.24) is 20.4 Å². The van der Waals surface area contributed by atoms with E-state index in [-0.39, 0.29) is 0 Å². The highest BCUT2D eigenvalue weighted by Crippen LogP contribution is 2.11. The first-order chi connectivity index (χ1) is 7.75. The molecule has 1 atom stereocenters. The van der Waals surface area contributed by atoms with Gasteiger partial charge in [-0.3, -0.25) is 4.90 Å². The molecule has 1 aliphatic rings. The smallest absolute Gasteiger partial charge is 0.213 e. The first-order valence-corrected chi connectivity index (χ1v) is 5.98. The summed E-state index contributed by atoms with van der Waals surface area (Å²) < 4.78 is 4.76. The van der Waals surface area contributed by atoms with Gasteiger partial charge in [-0.15, -0.1) is 0 Å². The molecule has 5 nitrogen and oxygen atoms in total. The van der Waals surface area contributed by atoms with Crippen molar-refractivity contribution in [2.75, 3.05) is 13.1 Å². The van der Waals surface area contributed by atoms with Crippen molar-refractivity contribution >= 4 is 0 Å². The summed E-state index contributed by atoms with van der Waals surface area (Å²) in [6, 6.07) is 1.12. The lowest BCUT2D eigenvalue weighted by Gasteiger charge is -2.27. The van der Waals surface area contributed by atoms with E-state index in [0.29, 0.717) is 12.1 Å². The van der Waals surface area contributed by atoms with Crippen LogP contribution >= 0.6 is 0 Å². The summed E-state index contributed by atoms with van der Waals surface area (Å²) in [6.07, 6.45) is 3.95. The zero-order valence-corrected chi connectivity index (χ0v) is 10.0. The van der Waals surface area contributed by atoms with Crippen molar-refractivity contribution in [3.63, 3.8) is 0 Å². The van der Waals surface area contributed by atoms with Crippen LogP contribution in [-0.4, -0.2) is 40.2 Å². The van der Waals surface area contributed by atoms with Gasteiger partial charge in [0.2, 0.25) is 6.39 Å². The standard InChI is InChI=1S/C11H20N4O/c1-9(2)15(6-10-4-3-5-12-10)7-11-13-8-16-14-11/h8-10,12H,3-7H2,1-2H3. The maximum absolute atomic E-state index is 4.76. The Morgan fingerprint density at radius 3 is 3.06 bits per heavy atom. The van der Waals surface area contributed by atoms with E-state index in [1.807, 2.05) is 0 Å². The molecule has 0 bridgehead atoms. The lowest BCUT2D eigenvalue weighted by molar-refractivity contribution is 0.187. The Kier molecular flexibility index (Phi) is 3.90. The second-order valence-corrected chi connectivity index (χ2v) is 4.66. The van der Waals surface area contributed by atoms with E-state index in [2.05, 4.69) is 34.2 Å². The molecule has 1 aromatic rings. The minimum absolute atomic E-state index is 0.501. The van der Waals surface area contributed by atoms with Crippen molar-refractivity contribution in [2.24, 2.45) is 0 Å². The number of hydrogen-bond acceptors (Lipinski definition) is 5. The van der Waals surface area contributed by atoms with Gasteiger partial charge in [0.25, 0.3) is 0 Å². The van der Waals surface area contributed by atoms with Crippen LogP contribution in [0.15, 0.2) is 10.9 Å². The number of nitrogens with zero attached hydrogens (tertiary/aromatic N) is 3. The summed E-state index contributed by atoms with van der Waals surface area (Å²) in [7, 11) is 0. The van der Waals surface area contributed by atoms with Gasteiger partial charge < -0.3 is 9.84 Å². The zero-order valence-electron chi connectivity index (χ0n) is 10.0. The summed E-state index contributed by atoms with van der Waals surface area (Å²) in [6.45, 7) is 7.39. The minimum atomic E-state index is 0.501. The number of rotatable bonds is 5. The van der Waals surface area contributed by atoms with E-state index in [1.54, 1.807) is 0 Å². The highest BCUT2D eigenvalue weighted by molar-refractivity contribution is 4.84. The first kappa shape index (κ1) is 11.5. The van der Waals surface area contributed by atoms with Gasteiger partial charge in [0.15, 0.2) is 5.82 Å². The van der Waals surface area contributed by atoms with E-state index >= 15 is 0 Å². The molecule has 2 heterocycles. The molecule has 0 saturated carbocycles. The van der Waals surface area contributed by atoms with Crippen LogP contribution in [0.2, 0.25) is 0 Å². The number of aromatic nitrogens is 2. The molecule has 16 heavy (non-hydrogen) atoms. The zero-order chi connectivity index (χ0) is 11.4. The SMILES string of the molecule is CC(C)N(Cc1ncon1)CC1CCCN1. The Hall–Kier alpha value is -0.940. The number of nitrogens with one attached hydrogen (secondary N) is 1. The van der Waals surface area contributed by atoms with E-state index in [4.69, 9.17) is 4.52 Å². The van der Waals surface area contributed by atoms with Gasteiger partial charge in [0, 0.05) is 18.6 Å². The third-order valence-corrected chi connectivity index (χ3v) is 3.10. The highest BCUT2D eigenvalue weighted by Gasteiger charge is 2.20. The summed E-state index contributed by atoms with van der Waals surface area (Å²) in [4.78, 5) is 6.46. The summed E-state index contributed by atoms with van der Waals surface area (Å²) in [5.41, 5.74) is 0. The van der Waals surface area contributed by atoms with Gasteiger partial charge in [-0.2, -0.15) is 4.98 Å². The molecule has 1 unspecified atom stereocenters. The monoisotopic (exact) mass is 224 g/mol. The van der Waals surface area contributed by atoms with Crippen molar-refractivity contribution in [3.05, 3.63) is 12.2 Å². The molecule has 0 aliphatic carbocycles. The normalized spacial score (nSPS) is 21.1. The quantitative estimate of drug-likeness (QED) is 0.809. The summed E-state index contributed by atoms with van der Waals surface area (Å²) in [5, 5.41) is 7.38. The molecule has 0 spiro atoms. The molecule has 1 saturated heterocycles. The molecular formula is C11H20N4O. The Bertz CT molecular complexity index is 293. The second kappa shape index (κ2) is 5.41. The molecule has 90 valence electrons. The fourth-order valence-electron chi connectivity index (χ4n) is 2.10. The van der Waals surface area contributed by atoms with Crippen LogP contribution in [0.4, 0.5) is 0 Å². The van der Waals surface area contributed by atoms with Crippen LogP contribution in [-0.2, 0) is 6.54 Å². The van der Waals surface area contributed by atoms with Crippen LogP contribution in [0.25, 0.3) is 0 Å². The van der Waals surface area contributed by atoms with E-state index in [1.165, 1.54) is 19.2 Å². The van der Waals surface area contributed by atoms with Gasteiger partial charge in [0.05, 0.1) is 6.54 Å². The van der Waals surface area contributed by atoms with Crippen molar-refractivity contribution in [2.45, 2.75) is 45.3 Å². The van der Waals surface area contributed by atoms with Crippen LogP contribution < -0.4 is 5.32 Å². The molecular weight excluding hydrogens is 204 g/mol. The minimum Gasteiger partial charge on any atom is -0.343 e. The molecule has 1 N–H and O–H groups in total. The molecule has 1 aromatic heterocycles. The highest BCUT2D eigenvalue weighted by atomic mass is 16.5. The average molecular weight is 224 g/mol. The van der Waals surface area contributed by atoms with Crippen LogP contribution in [0.3, 0.4) is 0 Å². The fraction of sp³-hybridized carbons (Fsp3) is 0.818. The van der Waals surface area contributed by atoms with Crippen LogP contribution in [0, 0.1) is 0 Å². The van der Waals surface area contributed by atoms with E-state index < -0.39 is 0 Å². The van der Waals surface area contributed by atoms with Crippen molar-refractivity contribution in [1.29, 1.82) is 0 Å². The predicted octanol–water partition coefficient (Wildman–Crippen LogP) is 1.03. The van der Waals surface area contributed by atoms with Crippen molar-refractivity contribution < 1.29 is 4.52 Å². The maximum Gasteiger partial charge on any atom is 0.213 e. The third kappa shape index (κ3) is 3.02. The molecule has 0 amide bonds. The Balaban J connectivity index is 1.89. The maximum atomic E-state index is 4.76. The van der Waals surface area contributed by atoms with Crippen molar-refractivity contribution in [3.8, 4) is 0 Å². The largest absolute Gasteiger partial charge is 0.343 e. The van der Waals surface area contributed by atoms with Crippen LogP contribution in [0.1, 0.15) is 32.5 Å². The Morgan fingerprint density at radius 1 is 1.62 bits per heavy atom. The molecule has 0 radical (unpaired) electrons. The molecule has 5 heteroatoms. The van der Waals surface area contributed by atoms with E-state index in [0.717, 1.165) is 25.5 Å². The number of hydrogen-bond donors (Lipinski definition) is 1. The van der Waals surface area contributed by atoms with E-state index in [9.17, 15) is 0 Å². The van der Waals surface area contributed by atoms with Gasteiger partial charge in [-0.25, -0.2) is 0 Å². The second-order valence-electron chi connectivity index (χ2n) is 4.66. The lowest BCUT2D eigenvalue weighted by atomic mass is 10.2. The molecule has 0 aromatic carbocycles. The van der Waals surface area contributed by atoms with Gasteiger partial charge >= 0.3 is 0 Å². The fourth-order valence-corrected chi connectivity index (χ4v) is 2.10. The summed E-state index contributed by atoms with van der Waals surface area (Å²) >= 11 is 0. The predicted molar refractivity (Wildman–Crippen MR) is 60.9 cm³/mol. The Labute approximate surface area is 96.2 Å². The average Bonchev–Trinajstić information content (AvgIpc) is 2.88. The van der Waals surface area contributed by atoms with Gasteiger partial charge in [-0.1, -0.05) is 5.16 Å². The molecule has 1 aliphatic heterocycles. The van der Waals surface area contributed by atoms with Gasteiger partial charge in [0.1, 0.15) is 0 Å². The first-order valence-electron chi connectivity index (χ1n) is 5.98. The summed E-state index contributed by atoms with van der Waals surface area (Å²) in [5.74, 6) is 0.770. The molecule has 2 rings (SSSR count). The topological polar surface area (TPSA) is 54.2 Å². The van der Waals surface area contributed by atoms with Crippen LogP contribution in [0.5, 0.6) is 0 Å². The third-order valence-electron chi connectivity index (χ3n) is 3.10. The lowest BCUT2D eigenvalue weighted by Crippen LogP contribution is -2.40. The Morgan fingerprint density at radius 2 is 2.50 bits per heavy atom.